The Balaban J connectivity index is 0.000000297. The van der Waals surface area contributed by atoms with E-state index in [1.807, 2.05) is 18.2 Å². The van der Waals surface area contributed by atoms with Crippen LogP contribution < -0.4 is 4.74 Å². The zero-order valence-electron chi connectivity index (χ0n) is 18.8. The summed E-state index contributed by atoms with van der Waals surface area (Å²) in [7, 11) is 0. The zero-order valence-corrected chi connectivity index (χ0v) is 18.8. The quantitative estimate of drug-likeness (QED) is 0.349. The topological polar surface area (TPSA) is 151 Å². The summed E-state index contributed by atoms with van der Waals surface area (Å²) in [6, 6.07) is 22.0. The second-order valence-corrected chi connectivity index (χ2v) is 7.52. The Morgan fingerprint density at radius 2 is 1.18 bits per heavy atom. The van der Waals surface area contributed by atoms with E-state index in [9.17, 15) is 14.7 Å². The van der Waals surface area contributed by atoms with Crippen LogP contribution in [0.25, 0.3) is 0 Å². The van der Waals surface area contributed by atoms with Crippen molar-refractivity contribution >= 4 is 18.1 Å². The number of carbonyl (C=O) groups excluding carboxylic acids is 1. The van der Waals surface area contributed by atoms with E-state index < -0.39 is 23.7 Å². The standard InChI is InChI=1S/C13H10O3.C11H14O3.CH2O3/c14-13(15)11-8-4-5-9-12(11)16-10-6-2-1-3-7-10;1-11(2,3)14-10(13)8-6-4-5-7-9(8)12;2-1(3)4/h1-9H,(H,14,15);4-7,12H,1-3H3;(H2,2,3,4). The van der Waals surface area contributed by atoms with Crippen molar-refractivity contribution in [3.8, 4) is 17.2 Å². The molecule has 34 heavy (non-hydrogen) atoms. The number of rotatable bonds is 4. The summed E-state index contributed by atoms with van der Waals surface area (Å²) in [6.45, 7) is 5.35. The van der Waals surface area contributed by atoms with Crippen LogP contribution in [0.2, 0.25) is 0 Å². The summed E-state index contributed by atoms with van der Waals surface area (Å²) in [5.41, 5.74) is -0.187. The van der Waals surface area contributed by atoms with Crippen LogP contribution in [0.4, 0.5) is 4.79 Å². The fraction of sp³-hybridized carbons (Fsp3) is 0.160. The van der Waals surface area contributed by atoms with Gasteiger partial charge in [-0.05, 0) is 57.2 Å². The van der Waals surface area contributed by atoms with Gasteiger partial charge in [0.05, 0.1) is 0 Å². The van der Waals surface area contributed by atoms with E-state index in [0.717, 1.165) is 0 Å². The first-order valence-corrected chi connectivity index (χ1v) is 9.89. The van der Waals surface area contributed by atoms with Crippen LogP contribution in [-0.2, 0) is 4.74 Å². The van der Waals surface area contributed by atoms with Crippen molar-refractivity contribution in [2.75, 3.05) is 0 Å². The molecule has 0 unspecified atom stereocenters. The Labute approximate surface area is 196 Å². The molecule has 0 aliphatic carbocycles. The van der Waals surface area contributed by atoms with Gasteiger partial charge in [0, 0.05) is 0 Å². The second-order valence-electron chi connectivity index (χ2n) is 7.52. The van der Waals surface area contributed by atoms with Crippen molar-refractivity contribution in [2.45, 2.75) is 26.4 Å². The Bertz CT molecular complexity index is 1080. The minimum atomic E-state index is -1.83. The zero-order chi connectivity index (χ0) is 25.7. The summed E-state index contributed by atoms with van der Waals surface area (Å²) >= 11 is 0. The number of para-hydroxylation sites is 3. The van der Waals surface area contributed by atoms with Crippen LogP contribution in [0, 0.1) is 0 Å². The first kappa shape index (κ1) is 27.5. The molecule has 4 N–H and O–H groups in total. The molecule has 9 nitrogen and oxygen atoms in total. The first-order chi connectivity index (χ1) is 15.9. The fourth-order valence-corrected chi connectivity index (χ4v) is 2.33. The molecule has 3 rings (SSSR count). The van der Waals surface area contributed by atoms with Crippen LogP contribution >= 0.6 is 0 Å². The molecule has 9 heteroatoms. The van der Waals surface area contributed by atoms with E-state index in [-0.39, 0.29) is 16.9 Å². The Morgan fingerprint density at radius 1 is 0.706 bits per heavy atom. The monoisotopic (exact) mass is 470 g/mol. The lowest BCUT2D eigenvalue weighted by molar-refractivity contribution is 0.00664. The highest BCUT2D eigenvalue weighted by molar-refractivity contribution is 5.92. The number of esters is 1. The Kier molecular flexibility index (Phi) is 10.6. The van der Waals surface area contributed by atoms with E-state index in [1.54, 1.807) is 63.2 Å². The third-order valence-corrected chi connectivity index (χ3v) is 3.61. The molecule has 3 aromatic carbocycles. The fourth-order valence-electron chi connectivity index (χ4n) is 2.33. The summed E-state index contributed by atoms with van der Waals surface area (Å²) in [4.78, 5) is 31.0. The van der Waals surface area contributed by atoms with Gasteiger partial charge in [0.25, 0.3) is 0 Å². The lowest BCUT2D eigenvalue weighted by Gasteiger charge is -2.19. The highest BCUT2D eigenvalue weighted by atomic mass is 16.6. The number of carboxylic acids is 1. The third kappa shape index (κ3) is 10.7. The molecule has 0 radical (unpaired) electrons. The number of phenols is 1. The molecular weight excluding hydrogens is 444 g/mol. The number of hydrogen-bond acceptors (Lipinski definition) is 6. The number of ether oxygens (including phenoxy) is 2. The summed E-state index contributed by atoms with van der Waals surface area (Å²) in [5.74, 6) is -0.582. The maximum atomic E-state index is 11.5. The van der Waals surface area contributed by atoms with E-state index in [4.69, 9.17) is 29.6 Å². The maximum Gasteiger partial charge on any atom is 0.503 e. The third-order valence-electron chi connectivity index (χ3n) is 3.61. The number of aromatic carboxylic acids is 1. The van der Waals surface area contributed by atoms with Crippen LogP contribution in [0.3, 0.4) is 0 Å². The molecule has 0 aliphatic rings. The van der Waals surface area contributed by atoms with Gasteiger partial charge in [0.15, 0.2) is 0 Å². The molecule has 0 bridgehead atoms. The molecule has 0 atom stereocenters. The SMILES string of the molecule is CC(C)(C)OC(=O)c1ccccc1O.O=C(O)O.O=C(O)c1ccccc1Oc1ccccc1. The molecule has 0 amide bonds. The number of hydrogen-bond donors (Lipinski definition) is 4. The second kappa shape index (κ2) is 13.1. The molecule has 3 aromatic rings. The Hall–Kier alpha value is -4.53. The van der Waals surface area contributed by atoms with E-state index in [1.165, 1.54) is 18.2 Å². The predicted octanol–water partition coefficient (Wildman–Crippen LogP) is 5.75. The largest absolute Gasteiger partial charge is 0.507 e. The van der Waals surface area contributed by atoms with Crippen LogP contribution in [0.15, 0.2) is 78.9 Å². The number of aromatic hydroxyl groups is 1. The van der Waals surface area contributed by atoms with Crippen molar-refractivity contribution in [3.05, 3.63) is 90.0 Å². The van der Waals surface area contributed by atoms with Gasteiger partial charge in [-0.25, -0.2) is 14.4 Å². The van der Waals surface area contributed by atoms with Gasteiger partial charge in [-0.1, -0.05) is 42.5 Å². The molecule has 0 fully saturated rings. The van der Waals surface area contributed by atoms with Gasteiger partial charge in [0.2, 0.25) is 0 Å². The predicted molar refractivity (Wildman–Crippen MR) is 124 cm³/mol. The van der Waals surface area contributed by atoms with Crippen molar-refractivity contribution in [1.29, 1.82) is 0 Å². The normalized spacial score (nSPS) is 9.85. The van der Waals surface area contributed by atoms with Gasteiger partial charge in [-0.3, -0.25) is 0 Å². The van der Waals surface area contributed by atoms with Gasteiger partial charge in [-0.2, -0.15) is 0 Å². The minimum absolute atomic E-state index is 0.0539. The lowest BCUT2D eigenvalue weighted by atomic mass is 10.1. The van der Waals surface area contributed by atoms with Gasteiger partial charge in [0.1, 0.15) is 34.0 Å². The van der Waals surface area contributed by atoms with Gasteiger partial charge < -0.3 is 29.9 Å². The summed E-state index contributed by atoms with van der Waals surface area (Å²) in [5, 5.41) is 32.3. The van der Waals surface area contributed by atoms with Gasteiger partial charge in [-0.15, -0.1) is 0 Å². The number of phenolic OH excluding ortho intramolecular Hbond substituents is 1. The lowest BCUT2D eigenvalue weighted by Crippen LogP contribution is -2.23. The molecule has 0 aliphatic heterocycles. The minimum Gasteiger partial charge on any atom is -0.507 e. The van der Waals surface area contributed by atoms with Crippen molar-refractivity contribution in [2.24, 2.45) is 0 Å². The van der Waals surface area contributed by atoms with Crippen LogP contribution in [0.5, 0.6) is 17.2 Å². The average Bonchev–Trinajstić information content (AvgIpc) is 2.74. The first-order valence-electron chi connectivity index (χ1n) is 9.89. The highest BCUT2D eigenvalue weighted by Gasteiger charge is 2.19. The van der Waals surface area contributed by atoms with Crippen LogP contribution in [-0.4, -0.2) is 44.1 Å². The van der Waals surface area contributed by atoms with Crippen molar-refractivity contribution in [3.63, 3.8) is 0 Å². The molecule has 180 valence electrons. The molecule has 0 saturated heterocycles. The highest BCUT2D eigenvalue weighted by Crippen LogP contribution is 2.24. The van der Waals surface area contributed by atoms with E-state index in [0.29, 0.717) is 11.5 Å². The van der Waals surface area contributed by atoms with Crippen molar-refractivity contribution < 1.29 is 44.3 Å². The van der Waals surface area contributed by atoms with Gasteiger partial charge >= 0.3 is 18.1 Å². The number of carbonyl (C=O) groups is 3. The van der Waals surface area contributed by atoms with E-state index in [2.05, 4.69) is 0 Å². The van der Waals surface area contributed by atoms with E-state index >= 15 is 0 Å². The Morgan fingerprint density at radius 3 is 1.68 bits per heavy atom. The smallest absolute Gasteiger partial charge is 0.503 e. The van der Waals surface area contributed by atoms with Crippen LogP contribution in [0.1, 0.15) is 41.5 Å². The molecule has 0 heterocycles. The maximum absolute atomic E-state index is 11.5. The number of benzene rings is 3. The molecule has 0 saturated carbocycles. The molecule has 0 aromatic heterocycles. The van der Waals surface area contributed by atoms with Crippen molar-refractivity contribution in [1.82, 2.24) is 0 Å². The summed E-state index contributed by atoms with van der Waals surface area (Å²) < 4.78 is 10.6. The number of carboxylic acid groups (broad SMARTS) is 3. The molecular formula is C25H26O9. The molecule has 0 spiro atoms. The summed E-state index contributed by atoms with van der Waals surface area (Å²) in [6.07, 6.45) is -1.83. The average molecular weight is 470 g/mol.